The number of hydrogen-bond donors (Lipinski definition) is 0. The molecular weight excluding hydrogens is 436 g/mol. The molecule has 0 saturated heterocycles. The van der Waals surface area contributed by atoms with Gasteiger partial charge in [-0.3, -0.25) is 9.78 Å². The van der Waals surface area contributed by atoms with Gasteiger partial charge >= 0.3 is 0 Å². The number of pyridine rings is 1. The summed E-state index contributed by atoms with van der Waals surface area (Å²) in [5.74, 6) is 6.47. The van der Waals surface area contributed by atoms with Crippen LogP contribution in [0.15, 0.2) is 70.2 Å². The number of carbonyl (C=O) groups excluding carboxylic acids is 1. The molecule has 0 bridgehead atoms. The van der Waals surface area contributed by atoms with Crippen LogP contribution in [0.5, 0.6) is 11.5 Å². The normalized spacial score (nSPS) is 12.1. The van der Waals surface area contributed by atoms with E-state index in [4.69, 9.17) is 21.1 Å². The summed E-state index contributed by atoms with van der Waals surface area (Å²) in [5, 5.41) is 0.420. The monoisotopic (exact) mass is 454 g/mol. The number of nitrogens with zero attached hydrogens (tertiary/aromatic N) is 2. The molecule has 0 fully saturated rings. The maximum atomic E-state index is 12.9. The maximum Gasteiger partial charge on any atom is 0.286 e. The molecule has 3 rings (SSSR count). The van der Waals surface area contributed by atoms with Crippen molar-refractivity contribution in [2.75, 3.05) is 20.5 Å². The Bertz CT molecular complexity index is 1320. The summed E-state index contributed by atoms with van der Waals surface area (Å²) in [6, 6.07) is 13.3. The predicted molar refractivity (Wildman–Crippen MR) is 120 cm³/mol. The number of aromatic nitrogens is 1. The number of carbonyl (C=O) groups is 1. The molecule has 0 saturated carbocycles. The van der Waals surface area contributed by atoms with E-state index in [0.29, 0.717) is 32.5 Å². The highest BCUT2D eigenvalue weighted by atomic mass is 35.5. The summed E-state index contributed by atoms with van der Waals surface area (Å²) in [4.78, 5) is 17.0. The number of benzene rings is 2. The van der Waals surface area contributed by atoms with Crippen molar-refractivity contribution in [2.45, 2.75) is 4.90 Å². The van der Waals surface area contributed by atoms with Gasteiger partial charge in [0.1, 0.15) is 0 Å². The zero-order valence-corrected chi connectivity index (χ0v) is 18.7. The van der Waals surface area contributed by atoms with Crippen LogP contribution in [-0.4, -0.2) is 35.6 Å². The Labute approximate surface area is 186 Å². The Morgan fingerprint density at radius 1 is 1.00 bits per heavy atom. The molecule has 0 aliphatic heterocycles. The molecule has 2 aromatic carbocycles. The molecule has 0 radical (unpaired) electrons. The van der Waals surface area contributed by atoms with Gasteiger partial charge in [-0.2, -0.15) is 4.36 Å². The van der Waals surface area contributed by atoms with Gasteiger partial charge in [0.05, 0.1) is 29.5 Å². The molecule has 0 aliphatic rings. The first-order chi connectivity index (χ1) is 14.8. The van der Waals surface area contributed by atoms with E-state index in [0.717, 1.165) is 0 Å². The summed E-state index contributed by atoms with van der Waals surface area (Å²) in [6.07, 6.45) is 4.29. The van der Waals surface area contributed by atoms with Crippen molar-refractivity contribution in [1.82, 2.24) is 4.98 Å². The van der Waals surface area contributed by atoms with Gasteiger partial charge in [-0.05, 0) is 42.5 Å². The fourth-order valence-electron chi connectivity index (χ4n) is 2.65. The molecule has 0 spiro atoms. The van der Waals surface area contributed by atoms with Crippen LogP contribution in [-0.2, 0) is 9.73 Å². The summed E-state index contributed by atoms with van der Waals surface area (Å²) >= 11 is 5.95. The lowest BCUT2D eigenvalue weighted by Crippen LogP contribution is -2.04. The number of halogens is 1. The summed E-state index contributed by atoms with van der Waals surface area (Å²) in [6.45, 7) is 0. The largest absolute Gasteiger partial charge is 0.493 e. The molecule has 31 heavy (non-hydrogen) atoms. The highest BCUT2D eigenvalue weighted by molar-refractivity contribution is 7.93. The standard InChI is InChI=1S/C23H19ClN2O4S/c1-29-21-10-9-16(12-22(21)30-2)7-8-17-11-18(15-25-14-17)23(27)26-31(3,28)20-6-4-5-19(24)13-20/h4-6,9-15H,1-3H3. The third-order valence-corrected chi connectivity index (χ3v) is 6.09. The van der Waals surface area contributed by atoms with Gasteiger partial charge in [0.15, 0.2) is 11.5 Å². The Hall–Kier alpha value is -3.34. The average Bonchev–Trinajstić information content (AvgIpc) is 2.77. The van der Waals surface area contributed by atoms with Gasteiger partial charge < -0.3 is 9.47 Å². The minimum Gasteiger partial charge on any atom is -0.493 e. The highest BCUT2D eigenvalue weighted by Gasteiger charge is 2.12. The SMILES string of the molecule is COc1ccc(C#Cc2cncc(C(=O)N=S(C)(=O)c3cccc(Cl)c3)c2)cc1OC. The minimum atomic E-state index is -2.96. The Morgan fingerprint density at radius 2 is 1.74 bits per heavy atom. The molecule has 8 heteroatoms. The summed E-state index contributed by atoms with van der Waals surface area (Å²) in [5.41, 5.74) is 1.41. The molecule has 3 aromatic rings. The van der Waals surface area contributed by atoms with Gasteiger partial charge in [-0.1, -0.05) is 29.5 Å². The third kappa shape index (κ3) is 5.63. The molecule has 1 amide bonds. The fraction of sp³-hybridized carbons (Fsp3) is 0.130. The number of amides is 1. The molecule has 0 N–H and O–H groups in total. The van der Waals surface area contributed by atoms with Gasteiger partial charge in [-0.15, -0.1) is 0 Å². The number of rotatable bonds is 4. The van der Waals surface area contributed by atoms with E-state index in [-0.39, 0.29) is 5.56 Å². The number of methoxy groups -OCH3 is 2. The molecule has 1 heterocycles. The van der Waals surface area contributed by atoms with Crippen LogP contribution in [0, 0.1) is 11.8 Å². The van der Waals surface area contributed by atoms with Crippen LogP contribution in [0.4, 0.5) is 0 Å². The van der Waals surface area contributed by atoms with E-state index >= 15 is 0 Å². The second-order valence-electron chi connectivity index (χ2n) is 6.44. The Kier molecular flexibility index (Phi) is 6.95. The van der Waals surface area contributed by atoms with Crippen LogP contribution in [0.3, 0.4) is 0 Å². The van der Waals surface area contributed by atoms with Crippen LogP contribution in [0.1, 0.15) is 21.5 Å². The van der Waals surface area contributed by atoms with E-state index in [1.807, 2.05) is 0 Å². The molecule has 1 atom stereocenters. The summed E-state index contributed by atoms with van der Waals surface area (Å²) in [7, 11) is 0.146. The van der Waals surface area contributed by atoms with Crippen molar-refractivity contribution in [1.29, 1.82) is 0 Å². The molecule has 6 nitrogen and oxygen atoms in total. The van der Waals surface area contributed by atoms with Crippen LogP contribution in [0.2, 0.25) is 5.02 Å². The van der Waals surface area contributed by atoms with Crippen LogP contribution in [0.25, 0.3) is 0 Å². The quantitative estimate of drug-likeness (QED) is 0.544. The predicted octanol–water partition coefficient (Wildman–Crippen LogP) is 4.45. The third-order valence-electron chi connectivity index (χ3n) is 4.21. The van der Waals surface area contributed by atoms with Gasteiger partial charge in [-0.25, -0.2) is 4.21 Å². The molecular formula is C23H19ClN2O4S. The lowest BCUT2D eigenvalue weighted by Gasteiger charge is -2.06. The minimum absolute atomic E-state index is 0.190. The zero-order chi connectivity index (χ0) is 22.4. The molecule has 1 unspecified atom stereocenters. The van der Waals surface area contributed by atoms with E-state index in [1.165, 1.54) is 24.7 Å². The average molecular weight is 455 g/mol. The van der Waals surface area contributed by atoms with Gasteiger partial charge in [0, 0.05) is 39.7 Å². The maximum absolute atomic E-state index is 12.9. The Morgan fingerprint density at radius 3 is 2.45 bits per heavy atom. The lowest BCUT2D eigenvalue weighted by molar-refractivity contribution is 0.100. The number of ether oxygens (including phenoxy) is 2. The van der Waals surface area contributed by atoms with Crippen molar-refractivity contribution in [2.24, 2.45) is 4.36 Å². The second kappa shape index (κ2) is 9.65. The first kappa shape index (κ1) is 22.3. The van der Waals surface area contributed by atoms with E-state index < -0.39 is 15.6 Å². The van der Waals surface area contributed by atoms with Crippen molar-refractivity contribution >= 4 is 27.2 Å². The van der Waals surface area contributed by atoms with Crippen molar-refractivity contribution in [3.63, 3.8) is 0 Å². The molecule has 158 valence electrons. The first-order valence-electron chi connectivity index (χ1n) is 9.03. The van der Waals surface area contributed by atoms with Crippen molar-refractivity contribution in [3.8, 4) is 23.3 Å². The van der Waals surface area contributed by atoms with E-state index in [9.17, 15) is 9.00 Å². The van der Waals surface area contributed by atoms with Gasteiger partial charge in [0.25, 0.3) is 5.91 Å². The van der Waals surface area contributed by atoms with Crippen LogP contribution >= 0.6 is 11.6 Å². The first-order valence-corrected chi connectivity index (χ1v) is 11.3. The Balaban J connectivity index is 1.88. The van der Waals surface area contributed by atoms with Crippen LogP contribution < -0.4 is 9.47 Å². The van der Waals surface area contributed by atoms with Crippen molar-refractivity contribution < 1.29 is 18.5 Å². The molecule has 0 aliphatic carbocycles. The summed E-state index contributed by atoms with van der Waals surface area (Å²) < 4.78 is 27.3. The smallest absolute Gasteiger partial charge is 0.286 e. The van der Waals surface area contributed by atoms with Crippen molar-refractivity contribution in [3.05, 3.63) is 82.6 Å². The highest BCUT2D eigenvalue weighted by Crippen LogP contribution is 2.27. The van der Waals surface area contributed by atoms with E-state index in [1.54, 1.807) is 56.7 Å². The fourth-order valence-corrected chi connectivity index (χ4v) is 4.11. The second-order valence-corrected chi connectivity index (χ2v) is 9.13. The lowest BCUT2D eigenvalue weighted by atomic mass is 10.1. The van der Waals surface area contributed by atoms with Gasteiger partial charge in [0.2, 0.25) is 0 Å². The topological polar surface area (TPSA) is 77.9 Å². The molecule has 1 aromatic heterocycles. The van der Waals surface area contributed by atoms with E-state index in [2.05, 4.69) is 21.2 Å². The number of hydrogen-bond acceptors (Lipinski definition) is 5. The zero-order valence-electron chi connectivity index (χ0n) is 17.1.